The zero-order valence-electron chi connectivity index (χ0n) is 14.7. The van der Waals surface area contributed by atoms with Crippen molar-refractivity contribution in [3.63, 3.8) is 0 Å². The minimum Gasteiger partial charge on any atom is -0.487 e. The number of halogens is 5. The van der Waals surface area contributed by atoms with Crippen LogP contribution in [0.25, 0.3) is 11.3 Å². The van der Waals surface area contributed by atoms with Crippen molar-refractivity contribution in [1.29, 1.82) is 0 Å². The summed E-state index contributed by atoms with van der Waals surface area (Å²) in [7, 11) is 1.22. The van der Waals surface area contributed by atoms with Gasteiger partial charge in [-0.3, -0.25) is 0 Å². The van der Waals surface area contributed by atoms with Crippen LogP contribution in [0.4, 0.5) is 22.0 Å². The molecule has 0 atom stereocenters. The van der Waals surface area contributed by atoms with Crippen molar-refractivity contribution in [2.45, 2.75) is 12.8 Å². The molecule has 0 bridgehead atoms. The number of hydrogen-bond donors (Lipinski definition) is 0. The van der Waals surface area contributed by atoms with Gasteiger partial charge < -0.3 is 9.47 Å². The van der Waals surface area contributed by atoms with E-state index in [4.69, 9.17) is 4.74 Å². The molecule has 0 saturated carbocycles. The highest BCUT2D eigenvalue weighted by atomic mass is 32.1. The molecule has 0 amide bonds. The second-order valence-corrected chi connectivity index (χ2v) is 6.74. The zero-order chi connectivity index (χ0) is 21.2. The number of benzene rings is 1. The molecule has 0 radical (unpaired) electrons. The van der Waals surface area contributed by atoms with Gasteiger partial charge >= 0.3 is 12.1 Å². The van der Waals surface area contributed by atoms with Crippen molar-refractivity contribution in [1.82, 2.24) is 4.98 Å². The van der Waals surface area contributed by atoms with Crippen LogP contribution in [0.5, 0.6) is 5.75 Å². The highest BCUT2D eigenvalue weighted by Crippen LogP contribution is 2.34. The first-order valence-corrected chi connectivity index (χ1v) is 8.87. The molecule has 0 aliphatic rings. The fourth-order valence-corrected chi connectivity index (χ4v) is 3.28. The average molecular weight is 429 g/mol. The summed E-state index contributed by atoms with van der Waals surface area (Å²) in [4.78, 5) is 15.8. The molecular weight excluding hydrogens is 417 g/mol. The minimum atomic E-state index is -4.72. The molecule has 2 heterocycles. The topological polar surface area (TPSA) is 48.4 Å². The molecule has 0 aliphatic carbocycles. The van der Waals surface area contributed by atoms with Crippen molar-refractivity contribution >= 4 is 17.3 Å². The van der Waals surface area contributed by atoms with Crippen LogP contribution in [0.1, 0.15) is 20.8 Å². The molecule has 0 fully saturated rings. The molecule has 29 heavy (non-hydrogen) atoms. The number of esters is 1. The number of carbonyl (C=O) groups excluding carboxylic acids is 1. The van der Waals surface area contributed by atoms with Crippen molar-refractivity contribution in [3.05, 3.63) is 69.5 Å². The summed E-state index contributed by atoms with van der Waals surface area (Å²) < 4.78 is 75.8. The number of ether oxygens (including phenoxy) is 2. The van der Waals surface area contributed by atoms with Crippen LogP contribution in [-0.2, 0) is 17.5 Å². The van der Waals surface area contributed by atoms with Crippen LogP contribution >= 0.6 is 11.3 Å². The Morgan fingerprint density at radius 3 is 2.55 bits per heavy atom. The first kappa shape index (κ1) is 20.7. The number of alkyl halides is 3. The SMILES string of the molecule is COC(=O)c1cc(-c2ncc(F)cc2OCc2cc(F)cc(C(F)(F)F)c2)cs1. The van der Waals surface area contributed by atoms with Crippen LogP contribution in [0.2, 0.25) is 0 Å². The standard InChI is InChI=1S/C19H12F5NO3S/c1-27-18(26)16-4-11(9-29-16)17-15(6-14(21)7-25-17)28-8-10-2-12(19(22,23)24)5-13(20)3-10/h2-7,9H,8H2,1H3. The molecular formula is C19H12F5NO3S. The smallest absolute Gasteiger partial charge is 0.416 e. The van der Waals surface area contributed by atoms with Gasteiger partial charge in [-0.15, -0.1) is 11.3 Å². The van der Waals surface area contributed by atoms with Crippen molar-refractivity contribution in [3.8, 4) is 17.0 Å². The first-order chi connectivity index (χ1) is 13.7. The zero-order valence-corrected chi connectivity index (χ0v) is 15.5. The van der Waals surface area contributed by atoms with E-state index in [1.807, 2.05) is 0 Å². The van der Waals surface area contributed by atoms with Gasteiger partial charge in [-0.2, -0.15) is 13.2 Å². The third kappa shape index (κ3) is 4.89. The van der Waals surface area contributed by atoms with Gasteiger partial charge in [0, 0.05) is 17.0 Å². The lowest BCUT2D eigenvalue weighted by molar-refractivity contribution is -0.137. The Hall–Kier alpha value is -3.01. The van der Waals surface area contributed by atoms with Gasteiger partial charge in [0.05, 0.1) is 18.9 Å². The summed E-state index contributed by atoms with van der Waals surface area (Å²) in [6.45, 7) is -0.451. The molecule has 0 N–H and O–H groups in total. The highest BCUT2D eigenvalue weighted by Gasteiger charge is 2.31. The Bertz CT molecular complexity index is 1050. The number of methoxy groups -OCH3 is 1. The van der Waals surface area contributed by atoms with E-state index in [9.17, 15) is 26.7 Å². The number of rotatable bonds is 5. The molecule has 0 unspecified atom stereocenters. The van der Waals surface area contributed by atoms with E-state index in [-0.39, 0.29) is 21.9 Å². The number of thiophene rings is 1. The molecule has 4 nitrogen and oxygen atoms in total. The Morgan fingerprint density at radius 1 is 1.10 bits per heavy atom. The maximum Gasteiger partial charge on any atom is 0.416 e. The second-order valence-electron chi connectivity index (χ2n) is 5.83. The summed E-state index contributed by atoms with van der Waals surface area (Å²) in [6.07, 6.45) is -3.79. The summed E-state index contributed by atoms with van der Waals surface area (Å²) in [5.74, 6) is -2.44. The lowest BCUT2D eigenvalue weighted by Crippen LogP contribution is -2.07. The molecule has 3 rings (SSSR count). The van der Waals surface area contributed by atoms with Crippen LogP contribution in [-0.4, -0.2) is 18.1 Å². The Morgan fingerprint density at radius 2 is 1.86 bits per heavy atom. The fourth-order valence-electron chi connectivity index (χ4n) is 2.47. The van der Waals surface area contributed by atoms with Gasteiger partial charge in [0.1, 0.15) is 34.6 Å². The Kier molecular flexibility index (Phi) is 5.83. The number of pyridine rings is 1. The lowest BCUT2D eigenvalue weighted by Gasteiger charge is -2.12. The Balaban J connectivity index is 1.89. The molecule has 3 aromatic rings. The third-order valence-electron chi connectivity index (χ3n) is 3.76. The van der Waals surface area contributed by atoms with Crippen molar-refractivity contribution < 1.29 is 36.2 Å². The quantitative estimate of drug-likeness (QED) is 0.399. The number of hydrogen-bond acceptors (Lipinski definition) is 5. The van der Waals surface area contributed by atoms with E-state index < -0.39 is 36.0 Å². The summed E-state index contributed by atoms with van der Waals surface area (Å²) in [5, 5.41) is 1.57. The summed E-state index contributed by atoms with van der Waals surface area (Å²) in [6, 6.07) is 4.48. The molecule has 2 aromatic heterocycles. The van der Waals surface area contributed by atoms with E-state index in [1.54, 1.807) is 5.38 Å². The van der Waals surface area contributed by atoms with Crippen LogP contribution in [0.15, 0.2) is 41.9 Å². The van der Waals surface area contributed by atoms with E-state index in [2.05, 4.69) is 9.72 Å². The van der Waals surface area contributed by atoms with Gasteiger partial charge in [-0.05, 0) is 29.8 Å². The van der Waals surface area contributed by atoms with Gasteiger partial charge in [0.2, 0.25) is 0 Å². The highest BCUT2D eigenvalue weighted by molar-refractivity contribution is 7.12. The predicted octanol–water partition coefficient (Wildman–Crippen LogP) is 5.47. The van der Waals surface area contributed by atoms with Gasteiger partial charge in [0.15, 0.2) is 0 Å². The molecule has 1 aromatic carbocycles. The van der Waals surface area contributed by atoms with Crippen molar-refractivity contribution in [2.24, 2.45) is 0 Å². The van der Waals surface area contributed by atoms with Crippen LogP contribution in [0.3, 0.4) is 0 Å². The minimum absolute atomic E-state index is 0.0722. The lowest BCUT2D eigenvalue weighted by atomic mass is 10.1. The maximum atomic E-state index is 13.6. The molecule has 10 heteroatoms. The van der Waals surface area contributed by atoms with Gasteiger partial charge in [0.25, 0.3) is 0 Å². The van der Waals surface area contributed by atoms with E-state index in [1.165, 1.54) is 13.2 Å². The van der Waals surface area contributed by atoms with Gasteiger partial charge in [-0.1, -0.05) is 0 Å². The normalized spacial score (nSPS) is 11.4. The van der Waals surface area contributed by atoms with Crippen molar-refractivity contribution in [2.75, 3.05) is 7.11 Å². The molecule has 152 valence electrons. The molecule has 0 aliphatic heterocycles. The number of nitrogens with zero attached hydrogens (tertiary/aromatic N) is 1. The monoisotopic (exact) mass is 429 g/mol. The molecule has 0 saturated heterocycles. The first-order valence-electron chi connectivity index (χ1n) is 7.99. The Labute approximate surface area is 165 Å². The second kappa shape index (κ2) is 8.16. The van der Waals surface area contributed by atoms with E-state index in [0.29, 0.717) is 11.6 Å². The average Bonchev–Trinajstić information content (AvgIpc) is 3.14. The fraction of sp³-hybridized carbons (Fsp3) is 0.158. The van der Waals surface area contributed by atoms with Gasteiger partial charge in [-0.25, -0.2) is 18.6 Å². The predicted molar refractivity (Wildman–Crippen MR) is 94.6 cm³/mol. The maximum absolute atomic E-state index is 13.6. The van der Waals surface area contributed by atoms with E-state index >= 15 is 0 Å². The van der Waals surface area contributed by atoms with Crippen LogP contribution in [0, 0.1) is 11.6 Å². The molecule has 0 spiro atoms. The largest absolute Gasteiger partial charge is 0.487 e. The third-order valence-corrected chi connectivity index (χ3v) is 4.67. The number of aromatic nitrogens is 1. The van der Waals surface area contributed by atoms with Crippen LogP contribution < -0.4 is 4.74 Å². The number of carbonyl (C=O) groups is 1. The summed E-state index contributed by atoms with van der Waals surface area (Å²) in [5.41, 5.74) is -0.645. The summed E-state index contributed by atoms with van der Waals surface area (Å²) >= 11 is 1.07. The van der Waals surface area contributed by atoms with E-state index in [0.717, 1.165) is 35.7 Å².